The molecule has 0 saturated heterocycles. The van der Waals surface area contributed by atoms with E-state index < -0.39 is 17.9 Å². The van der Waals surface area contributed by atoms with Crippen molar-refractivity contribution >= 4 is 11.9 Å². The van der Waals surface area contributed by atoms with Crippen molar-refractivity contribution in [3.63, 3.8) is 0 Å². The zero-order chi connectivity index (χ0) is 11.3. The van der Waals surface area contributed by atoms with Crippen LogP contribution in [0.1, 0.15) is 39.0 Å². The van der Waals surface area contributed by atoms with Gasteiger partial charge in [-0.1, -0.05) is 19.3 Å². The first-order valence-corrected chi connectivity index (χ1v) is 5.47. The Labute approximate surface area is 89.6 Å². The Bertz CT molecular complexity index is 231. The molecule has 0 radical (unpaired) electrons. The molecule has 1 aliphatic rings. The third kappa shape index (κ3) is 3.90. The van der Waals surface area contributed by atoms with Gasteiger partial charge in [0.1, 0.15) is 6.61 Å². The van der Waals surface area contributed by atoms with E-state index in [2.05, 4.69) is 0 Å². The number of esters is 1. The monoisotopic (exact) mass is 214 g/mol. The van der Waals surface area contributed by atoms with Crippen molar-refractivity contribution in [1.82, 2.24) is 0 Å². The van der Waals surface area contributed by atoms with Crippen LogP contribution in [-0.4, -0.2) is 23.7 Å². The van der Waals surface area contributed by atoms with Crippen molar-refractivity contribution in [2.75, 3.05) is 6.61 Å². The number of carbonyl (C=O) groups excluding carboxylic acids is 1. The van der Waals surface area contributed by atoms with Crippen molar-refractivity contribution in [2.24, 2.45) is 11.8 Å². The Morgan fingerprint density at radius 3 is 2.40 bits per heavy atom. The van der Waals surface area contributed by atoms with Gasteiger partial charge in [0.15, 0.2) is 0 Å². The summed E-state index contributed by atoms with van der Waals surface area (Å²) in [5.41, 5.74) is 0. The van der Waals surface area contributed by atoms with Crippen LogP contribution in [0.5, 0.6) is 0 Å². The Hall–Kier alpha value is -1.06. The summed E-state index contributed by atoms with van der Waals surface area (Å²) in [5.74, 6) is -1.59. The van der Waals surface area contributed by atoms with E-state index in [4.69, 9.17) is 9.84 Å². The normalized spacial score (nSPS) is 19.5. The maximum atomic E-state index is 11.0. The zero-order valence-corrected chi connectivity index (χ0v) is 9.07. The smallest absolute Gasteiger partial charge is 0.310 e. The molecule has 1 N–H and O–H groups in total. The molecule has 4 heteroatoms. The standard InChI is InChI=1S/C11H18O4/c1-8(12)15-7-10(11(13)14)9-5-3-2-4-6-9/h9-10H,2-7H2,1H3,(H,13,14). The average molecular weight is 214 g/mol. The SMILES string of the molecule is CC(=O)OCC(C(=O)O)C1CCCCC1. The van der Waals surface area contributed by atoms with Crippen molar-refractivity contribution in [3.8, 4) is 0 Å². The minimum absolute atomic E-state index is 0.0231. The predicted molar refractivity (Wildman–Crippen MR) is 54.3 cm³/mol. The number of aliphatic carboxylic acids is 1. The summed E-state index contributed by atoms with van der Waals surface area (Å²) in [5, 5.41) is 9.05. The first-order valence-electron chi connectivity index (χ1n) is 5.47. The lowest BCUT2D eigenvalue weighted by atomic mass is 9.80. The lowest BCUT2D eigenvalue weighted by molar-refractivity contribution is -0.152. The average Bonchev–Trinajstić information content (AvgIpc) is 2.18. The highest BCUT2D eigenvalue weighted by Gasteiger charge is 2.30. The number of hydrogen-bond acceptors (Lipinski definition) is 3. The number of hydrogen-bond donors (Lipinski definition) is 1. The minimum atomic E-state index is -0.844. The molecule has 1 fully saturated rings. The van der Waals surface area contributed by atoms with Gasteiger partial charge < -0.3 is 9.84 Å². The number of ether oxygens (including phenoxy) is 1. The lowest BCUT2D eigenvalue weighted by Crippen LogP contribution is -2.30. The van der Waals surface area contributed by atoms with Crippen LogP contribution in [0.25, 0.3) is 0 Å². The highest BCUT2D eigenvalue weighted by atomic mass is 16.5. The first kappa shape index (κ1) is 12.0. The fourth-order valence-corrected chi connectivity index (χ4v) is 2.15. The van der Waals surface area contributed by atoms with Gasteiger partial charge in [0.25, 0.3) is 0 Å². The Morgan fingerprint density at radius 1 is 1.33 bits per heavy atom. The molecule has 0 heterocycles. The van der Waals surface area contributed by atoms with Crippen LogP contribution in [0, 0.1) is 11.8 Å². The second-order valence-corrected chi connectivity index (χ2v) is 4.15. The molecule has 0 spiro atoms. The van der Waals surface area contributed by atoms with Crippen LogP contribution in [-0.2, 0) is 14.3 Å². The van der Waals surface area contributed by atoms with E-state index in [0.717, 1.165) is 25.7 Å². The second kappa shape index (κ2) is 5.73. The Morgan fingerprint density at radius 2 is 1.93 bits per heavy atom. The fraction of sp³-hybridized carbons (Fsp3) is 0.818. The minimum Gasteiger partial charge on any atom is -0.481 e. The molecule has 1 atom stereocenters. The molecule has 0 aromatic heterocycles. The fourth-order valence-electron chi connectivity index (χ4n) is 2.15. The zero-order valence-electron chi connectivity index (χ0n) is 9.07. The van der Waals surface area contributed by atoms with Crippen LogP contribution in [0.3, 0.4) is 0 Å². The number of carbonyl (C=O) groups is 2. The molecule has 86 valence electrons. The van der Waals surface area contributed by atoms with Crippen molar-refractivity contribution in [2.45, 2.75) is 39.0 Å². The summed E-state index contributed by atoms with van der Waals surface area (Å²) < 4.78 is 4.80. The van der Waals surface area contributed by atoms with Crippen LogP contribution in [0.4, 0.5) is 0 Å². The summed E-state index contributed by atoms with van der Waals surface area (Å²) >= 11 is 0. The third-order valence-electron chi connectivity index (χ3n) is 3.00. The summed E-state index contributed by atoms with van der Waals surface area (Å²) in [4.78, 5) is 21.7. The van der Waals surface area contributed by atoms with Gasteiger partial charge in [-0.25, -0.2) is 0 Å². The molecule has 15 heavy (non-hydrogen) atoms. The van der Waals surface area contributed by atoms with E-state index in [0.29, 0.717) is 0 Å². The van der Waals surface area contributed by atoms with Gasteiger partial charge in [-0.05, 0) is 18.8 Å². The second-order valence-electron chi connectivity index (χ2n) is 4.15. The molecule has 0 aliphatic heterocycles. The van der Waals surface area contributed by atoms with Crippen molar-refractivity contribution in [3.05, 3.63) is 0 Å². The Balaban J connectivity index is 2.48. The lowest BCUT2D eigenvalue weighted by Gasteiger charge is -2.26. The van der Waals surface area contributed by atoms with E-state index in [-0.39, 0.29) is 12.5 Å². The topological polar surface area (TPSA) is 63.6 Å². The molecule has 1 aliphatic carbocycles. The largest absolute Gasteiger partial charge is 0.481 e. The quantitative estimate of drug-likeness (QED) is 0.725. The predicted octanol–water partition coefficient (Wildman–Crippen LogP) is 1.83. The van der Waals surface area contributed by atoms with Gasteiger partial charge in [0.05, 0.1) is 5.92 Å². The molecule has 0 aromatic rings. The highest BCUT2D eigenvalue weighted by molar-refractivity contribution is 5.71. The van der Waals surface area contributed by atoms with Crippen LogP contribution in [0.2, 0.25) is 0 Å². The summed E-state index contributed by atoms with van der Waals surface area (Å²) in [6.45, 7) is 1.33. The van der Waals surface area contributed by atoms with E-state index in [1.807, 2.05) is 0 Å². The van der Waals surface area contributed by atoms with Gasteiger partial charge in [-0.15, -0.1) is 0 Å². The summed E-state index contributed by atoms with van der Waals surface area (Å²) in [7, 11) is 0. The molecule has 0 aromatic carbocycles. The molecule has 1 rings (SSSR count). The van der Waals surface area contributed by atoms with E-state index in [9.17, 15) is 9.59 Å². The van der Waals surface area contributed by atoms with Gasteiger partial charge in [0.2, 0.25) is 0 Å². The first-order chi connectivity index (χ1) is 7.11. The molecule has 1 saturated carbocycles. The number of carboxylic acid groups (broad SMARTS) is 1. The summed E-state index contributed by atoms with van der Waals surface area (Å²) in [6, 6.07) is 0. The molecule has 0 bridgehead atoms. The highest BCUT2D eigenvalue weighted by Crippen LogP contribution is 2.30. The van der Waals surface area contributed by atoms with Crippen molar-refractivity contribution in [1.29, 1.82) is 0 Å². The van der Waals surface area contributed by atoms with Gasteiger partial charge in [-0.3, -0.25) is 9.59 Å². The molecular formula is C11H18O4. The van der Waals surface area contributed by atoms with E-state index >= 15 is 0 Å². The maximum Gasteiger partial charge on any atom is 0.310 e. The van der Waals surface area contributed by atoms with Gasteiger partial charge >= 0.3 is 11.9 Å². The molecule has 4 nitrogen and oxygen atoms in total. The molecule has 0 amide bonds. The number of carboxylic acids is 1. The Kier molecular flexibility index (Phi) is 4.59. The molecule has 1 unspecified atom stereocenters. The third-order valence-corrected chi connectivity index (χ3v) is 3.00. The van der Waals surface area contributed by atoms with Crippen molar-refractivity contribution < 1.29 is 19.4 Å². The van der Waals surface area contributed by atoms with E-state index in [1.54, 1.807) is 0 Å². The van der Waals surface area contributed by atoms with Crippen LogP contribution in [0.15, 0.2) is 0 Å². The number of rotatable bonds is 4. The maximum absolute atomic E-state index is 11.0. The van der Waals surface area contributed by atoms with Crippen LogP contribution >= 0.6 is 0 Å². The molecular weight excluding hydrogens is 196 g/mol. The van der Waals surface area contributed by atoms with Gasteiger partial charge in [-0.2, -0.15) is 0 Å². The van der Waals surface area contributed by atoms with Gasteiger partial charge in [0, 0.05) is 6.92 Å². The van der Waals surface area contributed by atoms with Crippen LogP contribution < -0.4 is 0 Å². The van der Waals surface area contributed by atoms with E-state index in [1.165, 1.54) is 13.3 Å². The summed E-state index contributed by atoms with van der Waals surface area (Å²) in [6.07, 6.45) is 5.26.